The van der Waals surface area contributed by atoms with E-state index in [1.807, 2.05) is 6.92 Å². The van der Waals surface area contributed by atoms with Gasteiger partial charge in [0.1, 0.15) is 11.2 Å². The highest BCUT2D eigenvalue weighted by atomic mass is 35.5. The number of carboxylic acid groups (broad SMARTS) is 1. The number of nitrogens with zero attached hydrogens (tertiary/aromatic N) is 1. The molecule has 98 valence electrons. The quantitative estimate of drug-likeness (QED) is 0.801. The first-order valence-electron chi connectivity index (χ1n) is 5.64. The summed E-state index contributed by atoms with van der Waals surface area (Å²) in [6.45, 7) is 3.39. The minimum Gasteiger partial charge on any atom is -0.480 e. The van der Waals surface area contributed by atoms with Crippen molar-refractivity contribution in [2.75, 3.05) is 0 Å². The third-order valence-electron chi connectivity index (χ3n) is 2.33. The van der Waals surface area contributed by atoms with Gasteiger partial charge in [0, 0.05) is 11.3 Å². The predicted molar refractivity (Wildman–Crippen MR) is 67.8 cm³/mol. The lowest BCUT2D eigenvalue weighted by Crippen LogP contribution is -2.38. The van der Waals surface area contributed by atoms with Crippen LogP contribution in [0.1, 0.15) is 36.3 Å². The third kappa shape index (κ3) is 4.00. The molecule has 1 aromatic heterocycles. The Balaban J connectivity index is 2.88. The van der Waals surface area contributed by atoms with E-state index in [1.54, 1.807) is 6.07 Å². The number of aliphatic carboxylic acids is 1. The molecule has 0 aliphatic rings. The summed E-state index contributed by atoms with van der Waals surface area (Å²) in [6.07, 6.45) is 1.61. The Morgan fingerprint density at radius 2 is 2.17 bits per heavy atom. The van der Waals surface area contributed by atoms with Crippen molar-refractivity contribution in [3.8, 4) is 0 Å². The first-order chi connectivity index (χ1) is 8.43. The van der Waals surface area contributed by atoms with Gasteiger partial charge in [-0.15, -0.1) is 0 Å². The zero-order chi connectivity index (χ0) is 13.7. The maximum absolute atomic E-state index is 11.8. The Hall–Kier alpha value is -1.62. The Kier molecular flexibility index (Phi) is 5.09. The van der Waals surface area contributed by atoms with Gasteiger partial charge >= 0.3 is 5.97 Å². The van der Waals surface area contributed by atoms with Gasteiger partial charge in [-0.1, -0.05) is 24.9 Å². The van der Waals surface area contributed by atoms with E-state index in [4.69, 9.17) is 16.7 Å². The Bertz CT molecular complexity index is 463. The summed E-state index contributed by atoms with van der Waals surface area (Å²) in [7, 11) is 0. The molecule has 1 rings (SSSR count). The number of rotatable bonds is 5. The molecule has 0 aromatic carbocycles. The number of pyridine rings is 1. The van der Waals surface area contributed by atoms with Crippen LogP contribution in [0.2, 0.25) is 5.15 Å². The molecule has 0 saturated heterocycles. The molecule has 0 spiro atoms. The molecule has 6 heteroatoms. The minimum absolute atomic E-state index is 0.231. The van der Waals surface area contributed by atoms with Gasteiger partial charge in [0.15, 0.2) is 0 Å². The van der Waals surface area contributed by atoms with Gasteiger partial charge in [0.2, 0.25) is 0 Å². The van der Waals surface area contributed by atoms with Crippen molar-refractivity contribution in [3.05, 3.63) is 28.5 Å². The van der Waals surface area contributed by atoms with E-state index in [-0.39, 0.29) is 5.15 Å². The van der Waals surface area contributed by atoms with Crippen molar-refractivity contribution in [2.24, 2.45) is 0 Å². The van der Waals surface area contributed by atoms with Gasteiger partial charge in [-0.3, -0.25) is 9.59 Å². The van der Waals surface area contributed by atoms with Crippen LogP contribution in [0.5, 0.6) is 0 Å². The normalized spacial score (nSPS) is 11.9. The number of aryl methyl sites for hydroxylation is 1. The zero-order valence-electron chi connectivity index (χ0n) is 10.2. The number of amides is 1. The van der Waals surface area contributed by atoms with Crippen LogP contribution in [0.15, 0.2) is 12.1 Å². The average molecular weight is 271 g/mol. The number of halogens is 1. The van der Waals surface area contributed by atoms with Crippen molar-refractivity contribution < 1.29 is 14.7 Å². The molecule has 0 aliphatic carbocycles. The molecule has 1 aromatic rings. The van der Waals surface area contributed by atoms with Gasteiger partial charge in [0.25, 0.3) is 5.91 Å². The van der Waals surface area contributed by atoms with E-state index >= 15 is 0 Å². The largest absolute Gasteiger partial charge is 0.480 e. The second-order valence-electron chi connectivity index (χ2n) is 3.95. The molecule has 0 bridgehead atoms. The van der Waals surface area contributed by atoms with E-state index in [1.165, 1.54) is 13.0 Å². The lowest BCUT2D eigenvalue weighted by atomic mass is 10.1. The van der Waals surface area contributed by atoms with Crippen molar-refractivity contribution in [2.45, 2.75) is 32.7 Å². The molecule has 0 radical (unpaired) electrons. The fourth-order valence-corrected chi connectivity index (χ4v) is 1.63. The summed E-state index contributed by atoms with van der Waals surface area (Å²) in [5.74, 6) is -1.55. The SMILES string of the molecule is CCCc1cc(C(=O)NC(C)C(=O)O)cc(Cl)n1. The Labute approximate surface area is 110 Å². The molecule has 1 heterocycles. The molecular weight excluding hydrogens is 256 g/mol. The summed E-state index contributed by atoms with van der Waals surface area (Å²) in [6, 6.07) is 2.10. The molecule has 5 nitrogen and oxygen atoms in total. The predicted octanol–water partition coefficient (Wildman–Crippen LogP) is 1.89. The van der Waals surface area contributed by atoms with Crippen LogP contribution in [0, 0.1) is 0 Å². The van der Waals surface area contributed by atoms with E-state index in [2.05, 4.69) is 10.3 Å². The lowest BCUT2D eigenvalue weighted by molar-refractivity contribution is -0.138. The van der Waals surface area contributed by atoms with Gasteiger partial charge in [0.05, 0.1) is 0 Å². The second-order valence-corrected chi connectivity index (χ2v) is 4.34. The molecular formula is C12H15ClN2O3. The Morgan fingerprint density at radius 3 is 2.72 bits per heavy atom. The Morgan fingerprint density at radius 1 is 1.50 bits per heavy atom. The first kappa shape index (κ1) is 14.4. The number of carbonyl (C=O) groups excluding carboxylic acids is 1. The van der Waals surface area contributed by atoms with E-state index < -0.39 is 17.9 Å². The summed E-state index contributed by atoms with van der Waals surface area (Å²) < 4.78 is 0. The number of carbonyl (C=O) groups is 2. The molecule has 18 heavy (non-hydrogen) atoms. The van der Waals surface area contributed by atoms with Gasteiger partial charge < -0.3 is 10.4 Å². The van der Waals surface area contributed by atoms with Gasteiger partial charge in [-0.25, -0.2) is 4.98 Å². The fraction of sp³-hybridized carbons (Fsp3) is 0.417. The fourth-order valence-electron chi connectivity index (χ4n) is 1.41. The van der Waals surface area contributed by atoms with Gasteiger partial charge in [-0.05, 0) is 25.5 Å². The standard InChI is InChI=1S/C12H15ClN2O3/c1-3-4-9-5-8(6-10(13)15-9)11(16)14-7(2)12(17)18/h5-7H,3-4H2,1-2H3,(H,14,16)(H,17,18). The molecule has 2 N–H and O–H groups in total. The highest BCUT2D eigenvalue weighted by Gasteiger charge is 2.16. The number of nitrogens with one attached hydrogen (secondary N) is 1. The molecule has 1 amide bonds. The maximum Gasteiger partial charge on any atom is 0.325 e. The van der Waals surface area contributed by atoms with Crippen molar-refractivity contribution in [1.82, 2.24) is 10.3 Å². The van der Waals surface area contributed by atoms with Gasteiger partial charge in [-0.2, -0.15) is 0 Å². The number of hydrogen-bond acceptors (Lipinski definition) is 3. The molecule has 0 aliphatic heterocycles. The highest BCUT2D eigenvalue weighted by molar-refractivity contribution is 6.29. The maximum atomic E-state index is 11.8. The number of hydrogen-bond donors (Lipinski definition) is 2. The highest BCUT2D eigenvalue weighted by Crippen LogP contribution is 2.12. The zero-order valence-corrected chi connectivity index (χ0v) is 11.0. The monoisotopic (exact) mass is 270 g/mol. The molecule has 1 unspecified atom stereocenters. The van der Waals surface area contributed by atoms with Crippen molar-refractivity contribution in [3.63, 3.8) is 0 Å². The van der Waals surface area contributed by atoms with Crippen LogP contribution >= 0.6 is 11.6 Å². The van der Waals surface area contributed by atoms with Crippen molar-refractivity contribution in [1.29, 1.82) is 0 Å². The first-order valence-corrected chi connectivity index (χ1v) is 6.02. The van der Waals surface area contributed by atoms with E-state index in [0.29, 0.717) is 5.56 Å². The van der Waals surface area contributed by atoms with Crippen LogP contribution in [0.25, 0.3) is 0 Å². The molecule has 0 fully saturated rings. The summed E-state index contributed by atoms with van der Waals surface area (Å²) in [4.78, 5) is 26.5. The topological polar surface area (TPSA) is 79.3 Å². The minimum atomic E-state index is -1.09. The van der Waals surface area contributed by atoms with Crippen LogP contribution in [-0.4, -0.2) is 28.0 Å². The van der Waals surface area contributed by atoms with Crippen LogP contribution in [0.4, 0.5) is 0 Å². The van der Waals surface area contributed by atoms with Crippen LogP contribution < -0.4 is 5.32 Å². The summed E-state index contributed by atoms with van der Waals surface area (Å²) in [5.41, 5.74) is 1.05. The van der Waals surface area contributed by atoms with E-state index in [9.17, 15) is 9.59 Å². The molecule has 0 saturated carbocycles. The van der Waals surface area contributed by atoms with E-state index in [0.717, 1.165) is 18.5 Å². The second kappa shape index (κ2) is 6.35. The summed E-state index contributed by atoms with van der Waals surface area (Å²) in [5, 5.41) is 11.3. The van der Waals surface area contributed by atoms with Crippen LogP contribution in [0.3, 0.4) is 0 Å². The van der Waals surface area contributed by atoms with Crippen LogP contribution in [-0.2, 0) is 11.2 Å². The smallest absolute Gasteiger partial charge is 0.325 e. The molecule has 1 atom stereocenters. The van der Waals surface area contributed by atoms with Crippen molar-refractivity contribution >= 4 is 23.5 Å². The lowest BCUT2D eigenvalue weighted by Gasteiger charge is -2.10. The average Bonchev–Trinajstić information content (AvgIpc) is 2.28. The summed E-state index contributed by atoms with van der Waals surface area (Å²) >= 11 is 5.82. The number of carboxylic acids is 1. The number of aromatic nitrogens is 1. The third-order valence-corrected chi connectivity index (χ3v) is 2.53.